The number of carboxylic acid groups (broad SMARTS) is 1. The number of anilines is 1. The lowest BCUT2D eigenvalue weighted by atomic mass is 9.97. The average molecular weight is 530 g/mol. The molecule has 4 rings (SSSR count). The maximum Gasteiger partial charge on any atom is 0.326 e. The van der Waals surface area contributed by atoms with Crippen molar-refractivity contribution >= 4 is 23.5 Å². The second kappa shape index (κ2) is 12.5. The van der Waals surface area contributed by atoms with E-state index in [0.717, 1.165) is 11.1 Å². The lowest BCUT2D eigenvalue weighted by molar-refractivity contribution is -0.139. The van der Waals surface area contributed by atoms with Gasteiger partial charge >= 0.3 is 5.97 Å². The van der Waals surface area contributed by atoms with Crippen molar-refractivity contribution in [2.24, 2.45) is 5.73 Å². The molecule has 0 radical (unpaired) electrons. The lowest BCUT2D eigenvalue weighted by Gasteiger charge is -2.22. The first kappa shape index (κ1) is 27.1. The van der Waals surface area contributed by atoms with Crippen molar-refractivity contribution in [2.45, 2.75) is 31.5 Å². The van der Waals surface area contributed by atoms with Crippen molar-refractivity contribution in [3.63, 3.8) is 0 Å². The van der Waals surface area contributed by atoms with Crippen LogP contribution in [0.2, 0.25) is 0 Å². The topological polar surface area (TPSA) is 139 Å². The standard InChI is InChI=1S/C29H28FN5O4/c30-21-8-6-20(7-9-21)26(17-35-15-14-32-18-35)33-22-10-11-23(24(16-22)19-4-2-1-3-5-19)28(37)34-25(29(38)39)12-13-27(31)36/h1-11,14-16,18,25-26,33H,12-13,17H2,(H2,31,36)(H,34,37)(H,38,39)/t25-,26?/m0/s1. The van der Waals surface area contributed by atoms with Crippen LogP contribution in [-0.2, 0) is 16.1 Å². The zero-order valence-electron chi connectivity index (χ0n) is 21.0. The summed E-state index contributed by atoms with van der Waals surface area (Å²) in [6, 6.07) is 19.1. The Labute approximate surface area is 224 Å². The third kappa shape index (κ3) is 7.29. The van der Waals surface area contributed by atoms with Gasteiger partial charge in [-0.2, -0.15) is 0 Å². The molecule has 0 spiro atoms. The Balaban J connectivity index is 1.66. The number of imidazole rings is 1. The Bertz CT molecular complexity index is 1430. The number of carbonyl (C=O) groups excluding carboxylic acids is 2. The Hall–Kier alpha value is -4.99. The van der Waals surface area contributed by atoms with E-state index in [4.69, 9.17) is 5.73 Å². The fraction of sp³-hybridized carbons (Fsp3) is 0.172. The Morgan fingerprint density at radius 3 is 2.41 bits per heavy atom. The quantitative estimate of drug-likeness (QED) is 0.219. The number of nitrogens with one attached hydrogen (secondary N) is 2. The highest BCUT2D eigenvalue weighted by Gasteiger charge is 2.23. The SMILES string of the molecule is NC(=O)CC[C@H](NC(=O)c1ccc(NC(Cn2ccnc2)c2ccc(F)cc2)cc1-c1ccccc1)C(=O)O. The molecule has 1 aromatic heterocycles. The van der Waals surface area contributed by atoms with Crippen LogP contribution >= 0.6 is 0 Å². The summed E-state index contributed by atoms with van der Waals surface area (Å²) in [5.41, 5.74) is 8.31. The molecule has 0 fully saturated rings. The zero-order valence-corrected chi connectivity index (χ0v) is 21.0. The van der Waals surface area contributed by atoms with Crippen molar-refractivity contribution < 1.29 is 23.9 Å². The van der Waals surface area contributed by atoms with E-state index in [1.807, 2.05) is 47.2 Å². The van der Waals surface area contributed by atoms with Gasteiger partial charge in [-0.1, -0.05) is 42.5 Å². The lowest BCUT2D eigenvalue weighted by Crippen LogP contribution is -2.41. The molecule has 9 nitrogen and oxygen atoms in total. The molecule has 10 heteroatoms. The van der Waals surface area contributed by atoms with Gasteiger partial charge in [0.25, 0.3) is 5.91 Å². The van der Waals surface area contributed by atoms with Gasteiger partial charge in [0.1, 0.15) is 11.9 Å². The van der Waals surface area contributed by atoms with Gasteiger partial charge in [0.2, 0.25) is 5.91 Å². The van der Waals surface area contributed by atoms with E-state index in [2.05, 4.69) is 15.6 Å². The molecule has 0 aliphatic carbocycles. The predicted octanol–water partition coefficient (Wildman–Crippen LogP) is 3.99. The molecule has 0 saturated carbocycles. The van der Waals surface area contributed by atoms with Crippen LogP contribution in [0.15, 0.2) is 91.5 Å². The van der Waals surface area contributed by atoms with Crippen LogP contribution in [0.3, 0.4) is 0 Å². The smallest absolute Gasteiger partial charge is 0.326 e. The molecule has 200 valence electrons. The van der Waals surface area contributed by atoms with E-state index in [0.29, 0.717) is 17.8 Å². The molecule has 1 unspecified atom stereocenters. The number of amides is 2. The number of aromatic nitrogens is 2. The van der Waals surface area contributed by atoms with Gasteiger partial charge < -0.3 is 26.0 Å². The molecule has 2 amide bonds. The normalized spacial score (nSPS) is 12.3. The highest BCUT2D eigenvalue weighted by atomic mass is 19.1. The third-order valence-electron chi connectivity index (χ3n) is 6.20. The van der Waals surface area contributed by atoms with Crippen molar-refractivity contribution in [3.8, 4) is 11.1 Å². The van der Waals surface area contributed by atoms with Gasteiger partial charge in [-0.15, -0.1) is 0 Å². The van der Waals surface area contributed by atoms with Crippen LogP contribution in [0.4, 0.5) is 10.1 Å². The van der Waals surface area contributed by atoms with Gasteiger partial charge in [0, 0.05) is 36.6 Å². The van der Waals surface area contributed by atoms with Crippen LogP contribution in [0.5, 0.6) is 0 Å². The fourth-order valence-electron chi connectivity index (χ4n) is 4.20. The molecule has 2 atom stereocenters. The number of carbonyl (C=O) groups is 3. The summed E-state index contributed by atoms with van der Waals surface area (Å²) < 4.78 is 15.5. The number of halogens is 1. The second-order valence-electron chi connectivity index (χ2n) is 9.00. The summed E-state index contributed by atoms with van der Waals surface area (Å²) in [7, 11) is 0. The number of nitrogens with zero attached hydrogens (tertiary/aromatic N) is 2. The summed E-state index contributed by atoms with van der Waals surface area (Å²) >= 11 is 0. The molecule has 4 aromatic rings. The number of benzene rings is 3. The second-order valence-corrected chi connectivity index (χ2v) is 9.00. The minimum Gasteiger partial charge on any atom is -0.480 e. The first-order valence-corrected chi connectivity index (χ1v) is 12.3. The van der Waals surface area contributed by atoms with Gasteiger partial charge in [-0.25, -0.2) is 14.2 Å². The first-order chi connectivity index (χ1) is 18.8. The van der Waals surface area contributed by atoms with Crippen molar-refractivity contribution in [1.82, 2.24) is 14.9 Å². The van der Waals surface area contributed by atoms with Crippen molar-refractivity contribution in [2.75, 3.05) is 5.32 Å². The van der Waals surface area contributed by atoms with E-state index >= 15 is 0 Å². The van der Waals surface area contributed by atoms with E-state index in [1.54, 1.807) is 36.8 Å². The summed E-state index contributed by atoms with van der Waals surface area (Å²) in [5.74, 6) is -2.84. The Kier molecular flexibility index (Phi) is 8.67. The number of aliphatic carboxylic acids is 1. The van der Waals surface area contributed by atoms with Crippen LogP contribution in [0, 0.1) is 5.82 Å². The van der Waals surface area contributed by atoms with Crippen LogP contribution in [0.25, 0.3) is 11.1 Å². The molecular formula is C29H28FN5O4. The number of hydrogen-bond acceptors (Lipinski definition) is 5. The number of nitrogens with two attached hydrogens (primary N) is 1. The molecule has 0 bridgehead atoms. The van der Waals surface area contributed by atoms with Crippen LogP contribution in [0.1, 0.15) is 34.8 Å². The summed E-state index contributed by atoms with van der Waals surface area (Å²) in [6.45, 7) is 0.509. The molecule has 0 saturated heterocycles. The van der Waals surface area contributed by atoms with Gasteiger partial charge in [0.05, 0.1) is 12.4 Å². The van der Waals surface area contributed by atoms with Crippen molar-refractivity contribution in [3.05, 3.63) is 108 Å². The van der Waals surface area contributed by atoms with Crippen molar-refractivity contribution in [1.29, 1.82) is 0 Å². The highest BCUT2D eigenvalue weighted by Crippen LogP contribution is 2.30. The molecule has 3 aromatic carbocycles. The van der Waals surface area contributed by atoms with Gasteiger partial charge in [-0.3, -0.25) is 9.59 Å². The number of hydrogen-bond donors (Lipinski definition) is 4. The summed E-state index contributed by atoms with van der Waals surface area (Å²) in [5, 5.41) is 15.5. The minimum atomic E-state index is -1.27. The highest BCUT2D eigenvalue weighted by molar-refractivity contribution is 6.03. The summed E-state index contributed by atoms with van der Waals surface area (Å²) in [6.07, 6.45) is 4.91. The first-order valence-electron chi connectivity index (χ1n) is 12.3. The summed E-state index contributed by atoms with van der Waals surface area (Å²) in [4.78, 5) is 40.2. The zero-order chi connectivity index (χ0) is 27.8. The van der Waals surface area contributed by atoms with E-state index in [-0.39, 0.29) is 30.3 Å². The Morgan fingerprint density at radius 2 is 1.77 bits per heavy atom. The van der Waals surface area contributed by atoms with E-state index in [1.165, 1.54) is 12.1 Å². The Morgan fingerprint density at radius 1 is 1.03 bits per heavy atom. The largest absolute Gasteiger partial charge is 0.480 e. The third-order valence-corrected chi connectivity index (χ3v) is 6.20. The van der Waals surface area contributed by atoms with Crippen LogP contribution < -0.4 is 16.4 Å². The molecule has 0 aliphatic rings. The monoisotopic (exact) mass is 529 g/mol. The van der Waals surface area contributed by atoms with Gasteiger partial charge in [-0.05, 0) is 53.4 Å². The number of carboxylic acids is 1. The molecular weight excluding hydrogens is 501 g/mol. The molecule has 1 heterocycles. The van der Waals surface area contributed by atoms with E-state index in [9.17, 15) is 23.9 Å². The predicted molar refractivity (Wildman–Crippen MR) is 144 cm³/mol. The van der Waals surface area contributed by atoms with Crippen LogP contribution in [-0.4, -0.2) is 38.5 Å². The maximum absolute atomic E-state index is 13.6. The molecule has 0 aliphatic heterocycles. The average Bonchev–Trinajstić information content (AvgIpc) is 3.44. The maximum atomic E-state index is 13.6. The fourth-order valence-corrected chi connectivity index (χ4v) is 4.20. The molecule has 5 N–H and O–H groups in total. The molecule has 39 heavy (non-hydrogen) atoms. The number of rotatable bonds is 12. The van der Waals surface area contributed by atoms with E-state index < -0.39 is 23.8 Å². The number of primary amides is 1. The minimum absolute atomic E-state index is 0.121. The van der Waals surface area contributed by atoms with Gasteiger partial charge in [0.15, 0.2) is 0 Å².